The molecule has 0 bridgehead atoms. The highest BCUT2D eigenvalue weighted by Gasteiger charge is 2.47. The van der Waals surface area contributed by atoms with Gasteiger partial charge in [0, 0.05) is 46.0 Å². The zero-order valence-electron chi connectivity index (χ0n) is 19.9. The van der Waals surface area contributed by atoms with Crippen molar-refractivity contribution in [3.8, 4) is 5.75 Å². The lowest BCUT2D eigenvalue weighted by atomic mass is 9.74. The fourth-order valence-corrected chi connectivity index (χ4v) is 6.46. The van der Waals surface area contributed by atoms with Crippen LogP contribution < -0.4 is 10.1 Å². The monoisotopic (exact) mass is 485 g/mol. The molecule has 4 aliphatic heterocycles. The lowest BCUT2D eigenvalue weighted by molar-refractivity contribution is -0.136. The molecule has 0 radical (unpaired) electrons. The number of carbonyl (C=O) groups is 3. The maximum Gasteiger partial charge on any atom is 0.255 e. The van der Waals surface area contributed by atoms with Crippen LogP contribution in [-0.2, 0) is 28.1 Å². The first-order chi connectivity index (χ1) is 17.5. The third-order valence-corrected chi connectivity index (χ3v) is 8.50. The molecule has 0 aliphatic carbocycles. The number of benzene rings is 2. The summed E-state index contributed by atoms with van der Waals surface area (Å²) in [5, 5.41) is 3.50. The van der Waals surface area contributed by atoms with Gasteiger partial charge >= 0.3 is 0 Å². The van der Waals surface area contributed by atoms with Gasteiger partial charge in [-0.15, -0.1) is 0 Å². The molecular weight excluding hydrogens is 458 g/mol. The Kier molecular flexibility index (Phi) is 4.76. The maximum atomic E-state index is 13.2. The van der Waals surface area contributed by atoms with Crippen molar-refractivity contribution in [2.45, 2.75) is 50.2 Å². The number of nitrogens with one attached hydrogen (secondary N) is 1. The van der Waals surface area contributed by atoms with Crippen molar-refractivity contribution in [2.75, 3.05) is 19.7 Å². The van der Waals surface area contributed by atoms with E-state index < -0.39 is 6.04 Å². The highest BCUT2D eigenvalue weighted by Crippen LogP contribution is 2.49. The molecule has 7 rings (SSSR count). The summed E-state index contributed by atoms with van der Waals surface area (Å²) in [4.78, 5) is 41.2. The van der Waals surface area contributed by atoms with E-state index in [2.05, 4.69) is 34.5 Å². The molecule has 2 aromatic carbocycles. The Morgan fingerprint density at radius 2 is 1.92 bits per heavy atom. The van der Waals surface area contributed by atoms with Crippen molar-refractivity contribution < 1.29 is 23.5 Å². The normalized spacial score (nSPS) is 23.2. The third-order valence-electron chi connectivity index (χ3n) is 8.50. The van der Waals surface area contributed by atoms with E-state index in [0.717, 1.165) is 54.8 Å². The highest BCUT2D eigenvalue weighted by atomic mass is 16.5. The molecule has 1 atom stereocenters. The van der Waals surface area contributed by atoms with Gasteiger partial charge in [-0.05, 0) is 44.5 Å². The van der Waals surface area contributed by atoms with Crippen LogP contribution in [-0.4, -0.2) is 53.3 Å². The van der Waals surface area contributed by atoms with Crippen molar-refractivity contribution in [3.63, 3.8) is 0 Å². The highest BCUT2D eigenvalue weighted by molar-refractivity contribution is 6.05. The Labute approximate surface area is 208 Å². The number of likely N-dealkylation sites (tertiary alicyclic amines) is 1. The second kappa shape index (κ2) is 7.93. The van der Waals surface area contributed by atoms with Crippen LogP contribution in [0.1, 0.15) is 52.7 Å². The van der Waals surface area contributed by atoms with Crippen molar-refractivity contribution in [1.29, 1.82) is 0 Å². The van der Waals surface area contributed by atoms with Crippen LogP contribution in [0.15, 0.2) is 47.1 Å². The van der Waals surface area contributed by atoms with E-state index in [1.807, 2.05) is 12.1 Å². The number of furan rings is 1. The lowest BCUT2D eigenvalue weighted by Gasteiger charge is -2.38. The molecule has 1 unspecified atom stereocenters. The molecule has 4 aliphatic rings. The summed E-state index contributed by atoms with van der Waals surface area (Å²) in [5.41, 5.74) is 4.80. The van der Waals surface area contributed by atoms with Gasteiger partial charge in [0.1, 0.15) is 17.4 Å². The van der Waals surface area contributed by atoms with Gasteiger partial charge in [0.2, 0.25) is 11.8 Å². The van der Waals surface area contributed by atoms with Crippen molar-refractivity contribution >= 4 is 28.7 Å². The van der Waals surface area contributed by atoms with E-state index in [0.29, 0.717) is 25.1 Å². The van der Waals surface area contributed by atoms with E-state index in [4.69, 9.17) is 9.15 Å². The van der Waals surface area contributed by atoms with Crippen LogP contribution in [0, 0.1) is 0 Å². The molecule has 1 aromatic heterocycles. The fourth-order valence-electron chi connectivity index (χ4n) is 6.46. The molecule has 36 heavy (non-hydrogen) atoms. The Morgan fingerprint density at radius 1 is 1.06 bits per heavy atom. The summed E-state index contributed by atoms with van der Waals surface area (Å²) in [6.07, 6.45) is 4.32. The first-order valence-corrected chi connectivity index (χ1v) is 12.6. The second-order valence-electron chi connectivity index (χ2n) is 10.5. The smallest absolute Gasteiger partial charge is 0.255 e. The lowest BCUT2D eigenvalue weighted by Crippen LogP contribution is -2.52. The van der Waals surface area contributed by atoms with Gasteiger partial charge in [-0.3, -0.25) is 24.6 Å². The molecule has 5 heterocycles. The van der Waals surface area contributed by atoms with Gasteiger partial charge in [-0.25, -0.2) is 0 Å². The first-order valence-electron chi connectivity index (χ1n) is 12.6. The summed E-state index contributed by atoms with van der Waals surface area (Å²) in [6.45, 7) is 3.73. The number of ether oxygens (including phenoxy) is 1. The SMILES string of the molecule is O=C1CCC(N2Cc3c(ccc4c3OCC43CCN(Cc4cccc5ccoc45)CC3)C2=O)C(=O)N1. The molecule has 3 amide bonds. The number of rotatable bonds is 3. The number of amides is 3. The molecule has 1 N–H and O–H groups in total. The van der Waals surface area contributed by atoms with Crippen LogP contribution in [0.25, 0.3) is 11.0 Å². The van der Waals surface area contributed by atoms with E-state index in [9.17, 15) is 14.4 Å². The number of imide groups is 1. The molecule has 8 heteroatoms. The van der Waals surface area contributed by atoms with E-state index in [-0.39, 0.29) is 29.6 Å². The standard InChI is InChI=1S/C28H27N3O5/c32-23-7-6-22(26(33)29-23)31-15-20-19(27(31)34)4-5-21-25(20)36-16-28(21)9-11-30(12-10-28)14-18-3-1-2-17-8-13-35-24(17)18/h1-5,8,13,22H,6-7,9-12,14-16H2,(H,29,32,33). The molecule has 2 saturated heterocycles. The van der Waals surface area contributed by atoms with Gasteiger partial charge < -0.3 is 14.1 Å². The molecular formula is C28H27N3O5. The minimum Gasteiger partial charge on any atom is -0.492 e. The Hall–Kier alpha value is -3.65. The van der Waals surface area contributed by atoms with Crippen molar-refractivity contribution in [2.24, 2.45) is 0 Å². The van der Waals surface area contributed by atoms with E-state index >= 15 is 0 Å². The molecule has 0 saturated carbocycles. The van der Waals surface area contributed by atoms with Crippen LogP contribution >= 0.6 is 0 Å². The number of hydrogen-bond acceptors (Lipinski definition) is 6. The third kappa shape index (κ3) is 3.20. The Morgan fingerprint density at radius 3 is 2.75 bits per heavy atom. The minimum atomic E-state index is -0.615. The molecule has 2 fully saturated rings. The summed E-state index contributed by atoms with van der Waals surface area (Å²) in [5.74, 6) is -0.00367. The largest absolute Gasteiger partial charge is 0.492 e. The van der Waals surface area contributed by atoms with Crippen LogP contribution in [0.2, 0.25) is 0 Å². The maximum absolute atomic E-state index is 13.2. The average molecular weight is 486 g/mol. The average Bonchev–Trinajstić information content (AvgIpc) is 3.58. The molecule has 8 nitrogen and oxygen atoms in total. The van der Waals surface area contributed by atoms with Gasteiger partial charge in [0.15, 0.2) is 0 Å². The van der Waals surface area contributed by atoms with Crippen LogP contribution in [0.4, 0.5) is 0 Å². The van der Waals surface area contributed by atoms with Crippen molar-refractivity contribution in [3.05, 3.63) is 64.9 Å². The van der Waals surface area contributed by atoms with Gasteiger partial charge in [0.05, 0.1) is 19.4 Å². The Bertz CT molecular complexity index is 1420. The zero-order chi connectivity index (χ0) is 24.4. The molecule has 1 spiro atoms. The second-order valence-corrected chi connectivity index (χ2v) is 10.5. The summed E-state index contributed by atoms with van der Waals surface area (Å²) in [6, 6.07) is 11.6. The quantitative estimate of drug-likeness (QED) is 0.573. The number of nitrogens with zero attached hydrogens (tertiary/aromatic N) is 2. The van der Waals surface area contributed by atoms with Gasteiger partial charge in [-0.1, -0.05) is 24.3 Å². The van der Waals surface area contributed by atoms with E-state index in [1.165, 1.54) is 11.1 Å². The fraction of sp³-hybridized carbons (Fsp3) is 0.393. The van der Waals surface area contributed by atoms with Crippen molar-refractivity contribution in [1.82, 2.24) is 15.1 Å². The number of hydrogen-bond donors (Lipinski definition) is 1. The number of fused-ring (bicyclic) bond motifs is 5. The zero-order valence-corrected chi connectivity index (χ0v) is 19.9. The number of piperidine rings is 2. The van der Waals surface area contributed by atoms with Crippen LogP contribution in [0.3, 0.4) is 0 Å². The van der Waals surface area contributed by atoms with Gasteiger partial charge in [-0.2, -0.15) is 0 Å². The first kappa shape index (κ1) is 21.6. The molecule has 3 aromatic rings. The summed E-state index contributed by atoms with van der Waals surface area (Å²) >= 11 is 0. The predicted molar refractivity (Wildman–Crippen MR) is 130 cm³/mol. The Balaban J connectivity index is 1.10. The predicted octanol–water partition coefficient (Wildman–Crippen LogP) is 3.12. The summed E-state index contributed by atoms with van der Waals surface area (Å²) < 4.78 is 12.0. The van der Waals surface area contributed by atoms with Gasteiger partial charge in [0.25, 0.3) is 5.91 Å². The topological polar surface area (TPSA) is 92.1 Å². The molecule has 184 valence electrons. The minimum absolute atomic E-state index is 0.0529. The summed E-state index contributed by atoms with van der Waals surface area (Å²) in [7, 11) is 0. The number of para-hydroxylation sites is 1. The number of carbonyl (C=O) groups excluding carboxylic acids is 3. The van der Waals surface area contributed by atoms with Crippen LogP contribution in [0.5, 0.6) is 5.75 Å². The van der Waals surface area contributed by atoms with E-state index in [1.54, 1.807) is 11.2 Å².